The summed E-state index contributed by atoms with van der Waals surface area (Å²) in [4.78, 5) is 0. The Bertz CT molecular complexity index is 2310. The molecule has 0 aliphatic heterocycles. The highest BCUT2D eigenvalue weighted by molar-refractivity contribution is 4.82. The standard InChI is InChI=1S/C8H18.2C7H10F6.9C7H13F3/c1-7(2,3)8(4,5)6;1-4(2)3-5(6(8,9)10)7(11,12)13;1-2-3-4-5(6(8,9)10)7(11,12)13;1-5(2)6(3,4)7(8,9)10;1-4-6(2,3)5-7(8,9)10;1-4-5-6(2,3)7(8,9)10;2*1-4-5(2)6(3)7(8,9)10;1-3-4-6(2)5-7(8,9)10;1-3-4-5-6(2)7(8,9)10;1-3-6(4-2)5-7(8,9)10;1-2-3-4-5-6-7(8,9)10/h1-6H3;4-5H,3H2,1-2H3;5H,2-4H2,1H3;5H,1-4H3;2*4-5H2,1-3H3;2*5-6H,4H2,1-3H3;3*6H,3-5H2,1-2H3;2-6H2,1H3/t;;;;;;5?,6-;5-,6?;2*6-;;/m......1000../s1. The quantitative estimate of drug-likeness (QED) is 0.0568. The molecule has 0 radical (unpaired) electrons. The van der Waals surface area contributed by atoms with Gasteiger partial charge in [0, 0.05) is 25.7 Å². The number of alkyl halides is 39. The van der Waals surface area contributed by atoms with Crippen LogP contribution >= 0.6 is 0 Å². The fourth-order valence-electron chi connectivity index (χ4n) is 8.28. The van der Waals surface area contributed by atoms with Gasteiger partial charge in [0.05, 0.1) is 28.6 Å². The van der Waals surface area contributed by atoms with Gasteiger partial charge in [-0.05, 0) is 83.9 Å². The predicted octanol–water partition coefficient (Wildman–Crippen LogP) is 40.9. The van der Waals surface area contributed by atoms with Crippen LogP contribution in [0.5, 0.6) is 0 Å². The topological polar surface area (TPSA) is 0 Å². The smallest absolute Gasteiger partial charge is 0.171 e. The second-order valence-corrected chi connectivity index (χ2v) is 36.0. The summed E-state index contributed by atoms with van der Waals surface area (Å²) in [5, 5.41) is 0. The SMILES string of the molecule is CC(C)(C)C(C)(C)C.CC(C)C(C)(C)C(F)(F)F.CC(C)CC(C(F)(F)F)C(F)(F)F.CCC(C)(C)CC(F)(F)F.CCC(C)[C@@H](C)C(F)(F)F.CCC(CC)CC(F)(F)F.CCCC(C)(C)C(F)(F)F.CCCCC(C(F)(F)F)C(F)(F)F.CCCCCCC(F)(F)F.CCCC[C@H](C)C(F)(F)F.CCC[C@H](C)CC(F)(F)F.CC[C@H](C)C(C)C(F)(F)F. The van der Waals surface area contributed by atoms with Gasteiger partial charge >= 0.3 is 80.3 Å². The molecule has 0 saturated carbocycles. The first-order valence-electron chi connectivity index (χ1n) is 41.9. The lowest BCUT2D eigenvalue weighted by Crippen LogP contribution is -2.37. The van der Waals surface area contributed by atoms with Crippen LogP contribution < -0.4 is 0 Å². The molecule has 0 heterocycles. The van der Waals surface area contributed by atoms with Crippen LogP contribution in [-0.2, 0) is 0 Å². The zero-order chi connectivity index (χ0) is 103. The van der Waals surface area contributed by atoms with Crippen molar-refractivity contribution in [3.8, 4) is 0 Å². The molecule has 0 aromatic rings. The van der Waals surface area contributed by atoms with Crippen molar-refractivity contribution in [3.05, 3.63) is 0 Å². The van der Waals surface area contributed by atoms with Crippen LogP contribution in [0, 0.1) is 92.2 Å². The second kappa shape index (κ2) is 65.0. The van der Waals surface area contributed by atoms with Crippen molar-refractivity contribution in [1.29, 1.82) is 0 Å². The third-order valence-electron chi connectivity index (χ3n) is 20.8. The van der Waals surface area contributed by atoms with Crippen molar-refractivity contribution in [2.24, 2.45) is 92.2 Å². The summed E-state index contributed by atoms with van der Waals surface area (Å²) in [7, 11) is 0. The molecule has 0 amide bonds. The number of hydrogen-bond acceptors (Lipinski definition) is 0. The van der Waals surface area contributed by atoms with Crippen molar-refractivity contribution in [1.82, 2.24) is 0 Å². The number of halogens is 39. The van der Waals surface area contributed by atoms with Gasteiger partial charge < -0.3 is 0 Å². The van der Waals surface area contributed by atoms with E-state index in [0.717, 1.165) is 25.7 Å². The highest BCUT2D eigenvalue weighted by atomic mass is 19.5. The molecule has 0 spiro atoms. The van der Waals surface area contributed by atoms with Crippen molar-refractivity contribution >= 4 is 0 Å². The monoisotopic (exact) mass is 1920 g/mol. The molecule has 0 aromatic carbocycles. The van der Waals surface area contributed by atoms with Gasteiger partial charge in [0.2, 0.25) is 0 Å². The third-order valence-corrected chi connectivity index (χ3v) is 20.8. The maximum atomic E-state index is 12.1. The average Bonchev–Trinajstić information content (AvgIpc) is 0.831. The van der Waals surface area contributed by atoms with Gasteiger partial charge in [0.25, 0.3) is 0 Å². The van der Waals surface area contributed by atoms with E-state index in [1.807, 2.05) is 20.8 Å². The van der Waals surface area contributed by atoms with E-state index in [0.29, 0.717) is 75.0 Å². The van der Waals surface area contributed by atoms with Crippen LogP contribution in [0.3, 0.4) is 0 Å². The first-order chi connectivity index (χ1) is 54.0. The molecule has 124 heavy (non-hydrogen) atoms. The van der Waals surface area contributed by atoms with Crippen LogP contribution in [-0.4, -0.2) is 80.3 Å². The van der Waals surface area contributed by atoms with E-state index in [-0.39, 0.29) is 55.3 Å². The molecule has 0 N–H and O–H groups in total. The van der Waals surface area contributed by atoms with Crippen molar-refractivity contribution in [3.63, 3.8) is 0 Å². The minimum absolute atomic E-state index is 0.0658. The summed E-state index contributed by atoms with van der Waals surface area (Å²) in [5.74, 6) is -11.8. The van der Waals surface area contributed by atoms with Crippen molar-refractivity contribution in [2.45, 2.75) is 456 Å². The zero-order valence-corrected chi connectivity index (χ0v) is 79.1. The number of hydrogen-bond donors (Lipinski definition) is 0. The van der Waals surface area contributed by atoms with Gasteiger partial charge in [-0.1, -0.05) is 318 Å². The fraction of sp³-hybridized carbons (Fsp3) is 1.00. The molecule has 6 atom stereocenters. The van der Waals surface area contributed by atoms with Crippen LogP contribution in [0.25, 0.3) is 0 Å². The minimum Gasteiger partial charge on any atom is -0.171 e. The normalized spacial score (nSPS) is 14.7. The van der Waals surface area contributed by atoms with Gasteiger partial charge in [-0.3, -0.25) is 0 Å². The molecule has 768 valence electrons. The first-order valence-corrected chi connectivity index (χ1v) is 41.9. The largest absolute Gasteiger partial charge is 0.400 e. The maximum absolute atomic E-state index is 12.1. The Kier molecular flexibility index (Phi) is 77.0. The lowest BCUT2D eigenvalue weighted by Gasteiger charge is -2.34. The molecule has 0 nitrogen and oxygen atoms in total. The van der Waals surface area contributed by atoms with E-state index in [1.54, 1.807) is 96.9 Å². The second-order valence-electron chi connectivity index (χ2n) is 36.0. The Morgan fingerprint density at radius 3 is 0.734 bits per heavy atom. The Balaban J connectivity index is -0.000000111. The van der Waals surface area contributed by atoms with Gasteiger partial charge in [-0.25, -0.2) is 0 Å². The number of unbranched alkanes of at least 4 members (excludes halogenated alkanes) is 5. The summed E-state index contributed by atoms with van der Waals surface area (Å²) in [6.45, 7) is 54.1. The van der Waals surface area contributed by atoms with E-state index in [4.69, 9.17) is 0 Å². The maximum Gasteiger partial charge on any atom is 0.400 e. The van der Waals surface area contributed by atoms with Gasteiger partial charge in [-0.15, -0.1) is 0 Å². The molecule has 0 bridgehead atoms. The van der Waals surface area contributed by atoms with E-state index >= 15 is 0 Å². The molecular formula is C85H155F39. The molecule has 0 rings (SSSR count). The first kappa shape index (κ1) is 147. The fourth-order valence-corrected chi connectivity index (χ4v) is 8.28. The molecule has 0 aliphatic carbocycles. The highest BCUT2D eigenvalue weighted by Gasteiger charge is 2.57. The molecular weight excluding hydrogens is 1760 g/mol. The van der Waals surface area contributed by atoms with Crippen LogP contribution in [0.15, 0.2) is 0 Å². The number of rotatable bonds is 27. The van der Waals surface area contributed by atoms with Crippen molar-refractivity contribution < 1.29 is 171 Å². The summed E-state index contributed by atoms with van der Waals surface area (Å²) in [5.41, 5.74) is -2.80. The Morgan fingerprint density at radius 1 is 0.266 bits per heavy atom. The van der Waals surface area contributed by atoms with E-state index in [1.165, 1.54) is 62.3 Å². The van der Waals surface area contributed by atoms with E-state index < -0.39 is 171 Å². The van der Waals surface area contributed by atoms with Crippen molar-refractivity contribution in [2.75, 3.05) is 0 Å². The zero-order valence-electron chi connectivity index (χ0n) is 79.1. The van der Waals surface area contributed by atoms with Gasteiger partial charge in [0.1, 0.15) is 0 Å². The van der Waals surface area contributed by atoms with Crippen LogP contribution in [0.4, 0.5) is 171 Å². The molecule has 39 heteroatoms. The summed E-state index contributed by atoms with van der Waals surface area (Å²) in [6.07, 6.45) is -51.0. The van der Waals surface area contributed by atoms with Gasteiger partial charge in [0.15, 0.2) is 11.8 Å². The Morgan fingerprint density at radius 2 is 0.589 bits per heavy atom. The van der Waals surface area contributed by atoms with Crippen LogP contribution in [0.1, 0.15) is 376 Å². The van der Waals surface area contributed by atoms with Gasteiger partial charge in [-0.2, -0.15) is 171 Å². The Hall–Kier alpha value is -2.73. The summed E-state index contributed by atoms with van der Waals surface area (Å²) in [6, 6.07) is 0. The third kappa shape index (κ3) is 93.9. The van der Waals surface area contributed by atoms with E-state index in [2.05, 4.69) is 41.5 Å². The Labute approximate surface area is 717 Å². The molecule has 0 aromatic heterocycles. The molecule has 0 saturated heterocycles. The van der Waals surface area contributed by atoms with E-state index in [9.17, 15) is 171 Å². The highest BCUT2D eigenvalue weighted by Crippen LogP contribution is 2.47. The van der Waals surface area contributed by atoms with Crippen LogP contribution in [0.2, 0.25) is 0 Å². The minimum atomic E-state index is -5.19. The predicted molar refractivity (Wildman–Crippen MR) is 422 cm³/mol. The lowest BCUT2D eigenvalue weighted by molar-refractivity contribution is -0.288. The lowest BCUT2D eigenvalue weighted by atomic mass is 9.71. The molecule has 0 aliphatic rings. The summed E-state index contributed by atoms with van der Waals surface area (Å²) >= 11 is 0. The summed E-state index contributed by atoms with van der Waals surface area (Å²) < 4.78 is 461. The molecule has 2 unspecified atom stereocenters. The molecule has 0 fully saturated rings. The average molecular weight is 1920 g/mol.